The second-order valence-electron chi connectivity index (χ2n) is 4.62. The second kappa shape index (κ2) is 4.69. The molecule has 0 aromatic rings. The highest BCUT2D eigenvalue weighted by Crippen LogP contribution is 2.43. The molecule has 0 saturated carbocycles. The summed E-state index contributed by atoms with van der Waals surface area (Å²) in [4.78, 5) is 17.3. The molecule has 0 aromatic heterocycles. The average molecular weight is 268 g/mol. The molecular formula is C9H12N6O4. The van der Waals surface area contributed by atoms with Gasteiger partial charge in [0.15, 0.2) is 17.7 Å². The van der Waals surface area contributed by atoms with Crippen LogP contribution in [0.4, 0.5) is 0 Å². The van der Waals surface area contributed by atoms with Crippen LogP contribution in [0.2, 0.25) is 0 Å². The third kappa shape index (κ3) is 2.35. The number of azide groups is 2. The van der Waals surface area contributed by atoms with Gasteiger partial charge in [0.1, 0.15) is 6.10 Å². The SMILES string of the molecule is CC1(C)O[C@@H]2C(=O)[C@H](CN=[N+]=[N-])O[C@@]2(CN=[N+]=[N-])O1. The van der Waals surface area contributed by atoms with Crippen molar-refractivity contribution >= 4 is 5.78 Å². The van der Waals surface area contributed by atoms with Crippen molar-refractivity contribution in [2.24, 2.45) is 10.2 Å². The lowest BCUT2D eigenvalue weighted by Crippen LogP contribution is -2.42. The van der Waals surface area contributed by atoms with Crippen LogP contribution in [-0.2, 0) is 19.0 Å². The van der Waals surface area contributed by atoms with Crippen LogP contribution >= 0.6 is 0 Å². The topological polar surface area (TPSA) is 142 Å². The lowest BCUT2D eigenvalue weighted by molar-refractivity contribution is -0.251. The highest BCUT2D eigenvalue weighted by atomic mass is 16.9. The number of ketones is 1. The Labute approximate surface area is 107 Å². The number of rotatable bonds is 4. The number of nitrogens with zero attached hydrogens (tertiary/aromatic N) is 6. The van der Waals surface area contributed by atoms with Gasteiger partial charge in [0.25, 0.3) is 0 Å². The molecule has 2 fully saturated rings. The Morgan fingerprint density at radius 3 is 2.58 bits per heavy atom. The number of Topliss-reactive ketones (excluding diaryl/α,β-unsaturated/α-hetero) is 1. The molecule has 10 nitrogen and oxygen atoms in total. The summed E-state index contributed by atoms with van der Waals surface area (Å²) in [7, 11) is 0. The fourth-order valence-electron chi connectivity index (χ4n) is 2.22. The minimum Gasteiger partial charge on any atom is -0.335 e. The zero-order valence-electron chi connectivity index (χ0n) is 10.4. The molecule has 0 radical (unpaired) electrons. The van der Waals surface area contributed by atoms with E-state index in [1.807, 2.05) is 0 Å². The lowest BCUT2D eigenvalue weighted by Gasteiger charge is -2.26. The fraction of sp³-hybridized carbons (Fsp3) is 0.889. The maximum absolute atomic E-state index is 12.1. The van der Waals surface area contributed by atoms with Gasteiger partial charge in [-0.15, -0.1) is 0 Å². The Kier molecular flexibility index (Phi) is 3.36. The number of hydrogen-bond donors (Lipinski definition) is 0. The van der Waals surface area contributed by atoms with E-state index in [9.17, 15) is 4.79 Å². The molecule has 0 N–H and O–H groups in total. The molecule has 10 heteroatoms. The number of carbonyl (C=O) groups excluding carboxylic acids is 1. The van der Waals surface area contributed by atoms with E-state index in [1.165, 1.54) is 0 Å². The van der Waals surface area contributed by atoms with Crippen molar-refractivity contribution in [1.29, 1.82) is 0 Å². The summed E-state index contributed by atoms with van der Waals surface area (Å²) >= 11 is 0. The summed E-state index contributed by atoms with van der Waals surface area (Å²) < 4.78 is 16.6. The second-order valence-corrected chi connectivity index (χ2v) is 4.62. The number of carbonyl (C=O) groups is 1. The van der Waals surface area contributed by atoms with Crippen LogP contribution in [0.25, 0.3) is 20.9 Å². The monoisotopic (exact) mass is 268 g/mol. The van der Waals surface area contributed by atoms with Gasteiger partial charge in [-0.05, 0) is 24.9 Å². The molecule has 0 spiro atoms. The quantitative estimate of drug-likeness (QED) is 0.431. The van der Waals surface area contributed by atoms with Crippen LogP contribution in [0.5, 0.6) is 0 Å². The predicted molar refractivity (Wildman–Crippen MR) is 60.7 cm³/mol. The number of fused-ring (bicyclic) bond motifs is 1. The zero-order valence-corrected chi connectivity index (χ0v) is 10.4. The molecule has 2 heterocycles. The molecule has 2 saturated heterocycles. The summed E-state index contributed by atoms with van der Waals surface area (Å²) in [5.74, 6) is -2.84. The molecule has 19 heavy (non-hydrogen) atoms. The first kappa shape index (κ1) is 13.6. The largest absolute Gasteiger partial charge is 0.335 e. The number of ether oxygens (including phenoxy) is 3. The molecule has 0 aliphatic carbocycles. The molecule has 2 aliphatic rings. The van der Waals surface area contributed by atoms with Crippen LogP contribution in [0.1, 0.15) is 13.8 Å². The molecule has 102 valence electrons. The molecule has 0 amide bonds. The summed E-state index contributed by atoms with van der Waals surface area (Å²) in [5.41, 5.74) is 16.7. The highest BCUT2D eigenvalue weighted by molar-refractivity contribution is 5.91. The first-order valence-corrected chi connectivity index (χ1v) is 5.55. The van der Waals surface area contributed by atoms with E-state index < -0.39 is 23.8 Å². The average Bonchev–Trinajstić information content (AvgIpc) is 2.75. The Balaban J connectivity index is 2.27. The molecule has 0 aromatic carbocycles. The standard InChI is InChI=1S/C9H12N6O4/c1-8(2)18-7-6(16)5(3-12-14-10)17-9(7,19-8)4-13-15-11/h5,7H,3-4H2,1-2H3/t5-,7+,9-/m0/s1. The normalized spacial score (nSPS) is 35.4. The Bertz CT molecular complexity index is 495. The zero-order chi connectivity index (χ0) is 14.1. The van der Waals surface area contributed by atoms with E-state index in [2.05, 4.69) is 20.1 Å². The first-order chi connectivity index (χ1) is 8.94. The van der Waals surface area contributed by atoms with Gasteiger partial charge < -0.3 is 14.2 Å². The van der Waals surface area contributed by atoms with Gasteiger partial charge in [-0.1, -0.05) is 10.2 Å². The summed E-state index contributed by atoms with van der Waals surface area (Å²) in [6.45, 7) is 2.90. The van der Waals surface area contributed by atoms with Gasteiger partial charge in [0.05, 0.1) is 13.1 Å². The van der Waals surface area contributed by atoms with E-state index in [-0.39, 0.29) is 18.9 Å². The van der Waals surface area contributed by atoms with E-state index in [4.69, 9.17) is 25.3 Å². The van der Waals surface area contributed by atoms with Crippen molar-refractivity contribution in [2.75, 3.05) is 13.1 Å². The molecular weight excluding hydrogens is 256 g/mol. The van der Waals surface area contributed by atoms with E-state index in [0.717, 1.165) is 0 Å². The molecule has 0 unspecified atom stereocenters. The molecule has 2 aliphatic heterocycles. The van der Waals surface area contributed by atoms with Crippen LogP contribution in [0.3, 0.4) is 0 Å². The molecule has 2 rings (SSSR count). The summed E-state index contributed by atoms with van der Waals surface area (Å²) in [6, 6.07) is 0. The summed E-state index contributed by atoms with van der Waals surface area (Å²) in [6.07, 6.45) is -1.95. The first-order valence-electron chi connectivity index (χ1n) is 5.55. The highest BCUT2D eigenvalue weighted by Gasteiger charge is 2.64. The number of hydrogen-bond acceptors (Lipinski definition) is 6. The van der Waals surface area contributed by atoms with Crippen LogP contribution < -0.4 is 0 Å². The smallest absolute Gasteiger partial charge is 0.211 e. The van der Waals surface area contributed by atoms with Crippen molar-refractivity contribution in [3.05, 3.63) is 20.9 Å². The van der Waals surface area contributed by atoms with Gasteiger partial charge in [-0.3, -0.25) is 4.79 Å². The lowest BCUT2D eigenvalue weighted by atomic mass is 10.1. The van der Waals surface area contributed by atoms with Crippen LogP contribution in [0.15, 0.2) is 10.2 Å². The Morgan fingerprint density at radius 1 is 1.26 bits per heavy atom. The summed E-state index contributed by atoms with van der Waals surface area (Å²) in [5, 5.41) is 6.70. The van der Waals surface area contributed by atoms with Crippen LogP contribution in [0, 0.1) is 0 Å². The fourth-order valence-corrected chi connectivity index (χ4v) is 2.22. The van der Waals surface area contributed by atoms with E-state index in [0.29, 0.717) is 0 Å². The van der Waals surface area contributed by atoms with E-state index >= 15 is 0 Å². The Hall–Kier alpha value is -1.83. The third-order valence-electron chi connectivity index (χ3n) is 2.80. The maximum Gasteiger partial charge on any atom is 0.211 e. The molecule has 0 bridgehead atoms. The van der Waals surface area contributed by atoms with Crippen molar-refractivity contribution in [1.82, 2.24) is 0 Å². The minimum absolute atomic E-state index is 0.156. The van der Waals surface area contributed by atoms with Gasteiger partial charge in [0.2, 0.25) is 5.79 Å². The Morgan fingerprint density at radius 2 is 1.95 bits per heavy atom. The minimum atomic E-state index is -1.44. The van der Waals surface area contributed by atoms with Crippen LogP contribution in [-0.4, -0.2) is 42.7 Å². The van der Waals surface area contributed by atoms with Gasteiger partial charge in [-0.2, -0.15) is 0 Å². The third-order valence-corrected chi connectivity index (χ3v) is 2.80. The predicted octanol–water partition coefficient (Wildman–Crippen LogP) is 1.42. The van der Waals surface area contributed by atoms with E-state index in [1.54, 1.807) is 13.8 Å². The van der Waals surface area contributed by atoms with Gasteiger partial charge in [-0.25, -0.2) is 0 Å². The van der Waals surface area contributed by atoms with Gasteiger partial charge >= 0.3 is 0 Å². The van der Waals surface area contributed by atoms with Gasteiger partial charge in [0, 0.05) is 9.82 Å². The molecule has 3 atom stereocenters. The van der Waals surface area contributed by atoms with Crippen molar-refractivity contribution in [2.45, 2.75) is 37.6 Å². The maximum atomic E-state index is 12.1. The van der Waals surface area contributed by atoms with Crippen molar-refractivity contribution in [3.63, 3.8) is 0 Å². The van der Waals surface area contributed by atoms with Crippen molar-refractivity contribution in [3.8, 4) is 0 Å². The van der Waals surface area contributed by atoms with Crippen molar-refractivity contribution < 1.29 is 19.0 Å².